The Morgan fingerprint density at radius 3 is 2.44 bits per heavy atom. The number of hydrogen-bond acceptors (Lipinski definition) is 3. The molecule has 1 aliphatic rings. The molecule has 1 saturated heterocycles. The highest BCUT2D eigenvalue weighted by Gasteiger charge is 2.32. The molecule has 1 rings (SSSR count). The van der Waals surface area contributed by atoms with Crippen LogP contribution in [-0.4, -0.2) is 43.8 Å². The lowest BCUT2D eigenvalue weighted by molar-refractivity contribution is 0.0398. The van der Waals surface area contributed by atoms with E-state index in [9.17, 15) is 0 Å². The van der Waals surface area contributed by atoms with Gasteiger partial charge in [0, 0.05) is 25.8 Å². The van der Waals surface area contributed by atoms with Crippen LogP contribution in [0.5, 0.6) is 0 Å². The van der Waals surface area contributed by atoms with E-state index in [-0.39, 0.29) is 5.54 Å². The van der Waals surface area contributed by atoms with Crippen LogP contribution in [0.1, 0.15) is 39.5 Å². The minimum atomic E-state index is 0.134. The minimum Gasteiger partial charge on any atom is -0.385 e. The Bertz CT molecular complexity index is 190. The maximum atomic E-state index is 5.95. The van der Waals surface area contributed by atoms with Crippen molar-refractivity contribution in [2.75, 3.05) is 33.4 Å². The Kier molecular flexibility index (Phi) is 5.73. The summed E-state index contributed by atoms with van der Waals surface area (Å²) in [6, 6.07) is 0. The molecule has 3 heteroatoms. The van der Waals surface area contributed by atoms with Crippen molar-refractivity contribution in [1.82, 2.24) is 4.90 Å². The van der Waals surface area contributed by atoms with Crippen LogP contribution in [0, 0.1) is 5.92 Å². The minimum absolute atomic E-state index is 0.134. The van der Waals surface area contributed by atoms with Gasteiger partial charge in [0.15, 0.2) is 0 Å². The highest BCUT2D eigenvalue weighted by molar-refractivity contribution is 4.89. The molecule has 0 bridgehead atoms. The van der Waals surface area contributed by atoms with E-state index in [4.69, 9.17) is 10.5 Å². The zero-order valence-electron chi connectivity index (χ0n) is 11.2. The number of ether oxygens (including phenoxy) is 1. The summed E-state index contributed by atoms with van der Waals surface area (Å²) >= 11 is 0. The highest BCUT2D eigenvalue weighted by Crippen LogP contribution is 2.27. The molecule has 1 fully saturated rings. The molecule has 1 heterocycles. The largest absolute Gasteiger partial charge is 0.385 e. The Morgan fingerprint density at radius 1 is 1.38 bits per heavy atom. The van der Waals surface area contributed by atoms with E-state index >= 15 is 0 Å². The summed E-state index contributed by atoms with van der Waals surface area (Å²) in [5.41, 5.74) is 6.08. The summed E-state index contributed by atoms with van der Waals surface area (Å²) in [6.45, 7) is 8.52. The summed E-state index contributed by atoms with van der Waals surface area (Å²) in [5.74, 6) is 0.931. The molecule has 96 valence electrons. The Labute approximate surface area is 100 Å². The van der Waals surface area contributed by atoms with Gasteiger partial charge >= 0.3 is 0 Å². The first-order valence-corrected chi connectivity index (χ1v) is 6.60. The third-order valence-electron chi connectivity index (χ3n) is 4.24. The molecule has 1 aliphatic heterocycles. The van der Waals surface area contributed by atoms with E-state index in [0.717, 1.165) is 25.5 Å². The van der Waals surface area contributed by atoms with E-state index in [1.807, 2.05) is 0 Å². The van der Waals surface area contributed by atoms with Crippen molar-refractivity contribution in [3.63, 3.8) is 0 Å². The van der Waals surface area contributed by atoms with Gasteiger partial charge in [-0.05, 0) is 45.2 Å². The van der Waals surface area contributed by atoms with Gasteiger partial charge < -0.3 is 10.5 Å². The fraction of sp³-hybridized carbons (Fsp3) is 1.00. The van der Waals surface area contributed by atoms with Gasteiger partial charge in [-0.15, -0.1) is 0 Å². The second kappa shape index (κ2) is 6.58. The maximum absolute atomic E-state index is 5.95. The summed E-state index contributed by atoms with van der Waals surface area (Å²) in [7, 11) is 1.76. The highest BCUT2D eigenvalue weighted by atomic mass is 16.5. The Balaban J connectivity index is 2.47. The number of methoxy groups -OCH3 is 1. The Hall–Kier alpha value is -0.120. The summed E-state index contributed by atoms with van der Waals surface area (Å²) in [6.07, 6.45) is 5.03. The molecule has 0 aromatic rings. The number of nitrogens with two attached hydrogens (primary N) is 1. The van der Waals surface area contributed by atoms with Crippen molar-refractivity contribution < 1.29 is 4.74 Å². The third kappa shape index (κ3) is 3.44. The maximum Gasteiger partial charge on any atom is 0.0480 e. The van der Waals surface area contributed by atoms with Crippen LogP contribution in [0.4, 0.5) is 0 Å². The average Bonchev–Trinajstić information content (AvgIpc) is 2.36. The molecule has 1 atom stereocenters. The first-order valence-electron chi connectivity index (χ1n) is 6.60. The molecule has 0 aromatic heterocycles. The van der Waals surface area contributed by atoms with Gasteiger partial charge in [-0.25, -0.2) is 0 Å². The van der Waals surface area contributed by atoms with Crippen molar-refractivity contribution in [1.29, 1.82) is 0 Å². The molecule has 0 aliphatic carbocycles. The van der Waals surface area contributed by atoms with Crippen LogP contribution in [0.2, 0.25) is 0 Å². The smallest absolute Gasteiger partial charge is 0.0480 e. The number of hydrogen-bond donors (Lipinski definition) is 1. The lowest BCUT2D eigenvalue weighted by atomic mass is 9.88. The molecule has 0 saturated carbocycles. The lowest BCUT2D eigenvalue weighted by Gasteiger charge is -2.44. The van der Waals surface area contributed by atoms with E-state index in [1.54, 1.807) is 7.11 Å². The molecular formula is C13H28N2O. The van der Waals surface area contributed by atoms with Gasteiger partial charge in [-0.3, -0.25) is 4.90 Å². The van der Waals surface area contributed by atoms with E-state index in [0.29, 0.717) is 0 Å². The zero-order chi connectivity index (χ0) is 12.0. The van der Waals surface area contributed by atoms with Gasteiger partial charge in [0.25, 0.3) is 0 Å². The average molecular weight is 228 g/mol. The summed E-state index contributed by atoms with van der Waals surface area (Å²) in [5, 5.41) is 0. The number of piperidine rings is 1. The molecule has 1 unspecified atom stereocenters. The fourth-order valence-electron chi connectivity index (χ4n) is 2.59. The molecule has 0 amide bonds. The van der Waals surface area contributed by atoms with Crippen molar-refractivity contribution in [2.24, 2.45) is 11.7 Å². The fourth-order valence-corrected chi connectivity index (χ4v) is 2.59. The summed E-state index contributed by atoms with van der Waals surface area (Å²) in [4.78, 5) is 2.57. The zero-order valence-corrected chi connectivity index (χ0v) is 11.2. The standard InChI is InChI=1S/C13H28N2O/c1-4-12-5-8-15(9-6-12)13(2,11-14)7-10-16-3/h12H,4-11,14H2,1-3H3. The van der Waals surface area contributed by atoms with Gasteiger partial charge in [-0.2, -0.15) is 0 Å². The molecule has 16 heavy (non-hydrogen) atoms. The van der Waals surface area contributed by atoms with Crippen LogP contribution < -0.4 is 5.73 Å². The first kappa shape index (κ1) is 13.9. The number of likely N-dealkylation sites (tertiary alicyclic amines) is 1. The summed E-state index contributed by atoms with van der Waals surface area (Å²) < 4.78 is 5.19. The number of nitrogens with zero attached hydrogens (tertiary/aromatic N) is 1. The molecule has 0 aromatic carbocycles. The quantitative estimate of drug-likeness (QED) is 0.754. The van der Waals surface area contributed by atoms with E-state index in [1.165, 1.54) is 32.4 Å². The van der Waals surface area contributed by atoms with Crippen LogP contribution in [0.25, 0.3) is 0 Å². The predicted octanol–water partition coefficient (Wildman–Crippen LogP) is 1.86. The topological polar surface area (TPSA) is 38.5 Å². The second-order valence-corrected chi connectivity index (χ2v) is 5.28. The first-order chi connectivity index (χ1) is 7.66. The van der Waals surface area contributed by atoms with E-state index < -0.39 is 0 Å². The number of rotatable bonds is 6. The molecular weight excluding hydrogens is 200 g/mol. The molecule has 2 N–H and O–H groups in total. The molecule has 0 spiro atoms. The molecule has 0 radical (unpaired) electrons. The van der Waals surface area contributed by atoms with Crippen LogP contribution >= 0.6 is 0 Å². The van der Waals surface area contributed by atoms with Crippen LogP contribution in [0.15, 0.2) is 0 Å². The van der Waals surface area contributed by atoms with Crippen molar-refractivity contribution >= 4 is 0 Å². The second-order valence-electron chi connectivity index (χ2n) is 5.28. The van der Waals surface area contributed by atoms with Gasteiger partial charge in [0.05, 0.1) is 0 Å². The van der Waals surface area contributed by atoms with Crippen LogP contribution in [-0.2, 0) is 4.74 Å². The van der Waals surface area contributed by atoms with E-state index in [2.05, 4.69) is 18.7 Å². The Morgan fingerprint density at radius 2 is 2.00 bits per heavy atom. The monoisotopic (exact) mass is 228 g/mol. The normalized spacial score (nSPS) is 23.2. The SMILES string of the molecule is CCC1CCN(C(C)(CN)CCOC)CC1. The van der Waals surface area contributed by atoms with Crippen LogP contribution in [0.3, 0.4) is 0 Å². The van der Waals surface area contributed by atoms with Crippen molar-refractivity contribution in [3.8, 4) is 0 Å². The van der Waals surface area contributed by atoms with Gasteiger partial charge in [-0.1, -0.05) is 13.3 Å². The predicted molar refractivity (Wildman–Crippen MR) is 68.5 cm³/mol. The van der Waals surface area contributed by atoms with Crippen molar-refractivity contribution in [3.05, 3.63) is 0 Å². The third-order valence-corrected chi connectivity index (χ3v) is 4.24. The van der Waals surface area contributed by atoms with Gasteiger partial charge in [0.2, 0.25) is 0 Å². The lowest BCUT2D eigenvalue weighted by Crippen LogP contribution is -2.54. The molecule has 3 nitrogen and oxygen atoms in total. The van der Waals surface area contributed by atoms with Crippen molar-refractivity contribution in [2.45, 2.75) is 45.1 Å². The van der Waals surface area contributed by atoms with Gasteiger partial charge in [0.1, 0.15) is 0 Å².